The van der Waals surface area contributed by atoms with E-state index in [4.69, 9.17) is 15.2 Å². The summed E-state index contributed by atoms with van der Waals surface area (Å²) in [7, 11) is 1.67. The number of thioether (sulfide) groups is 1. The Labute approximate surface area is 124 Å². The molecule has 2 N–H and O–H groups in total. The molecular formula is C16H19NO2S. The highest BCUT2D eigenvalue weighted by Gasteiger charge is 1.98. The fourth-order valence-corrected chi connectivity index (χ4v) is 2.48. The van der Waals surface area contributed by atoms with Crippen LogP contribution in [0.4, 0.5) is 0 Å². The molecule has 0 unspecified atom stereocenters. The predicted octanol–water partition coefficient (Wildman–Crippen LogP) is 3.33. The van der Waals surface area contributed by atoms with Gasteiger partial charge in [0.25, 0.3) is 0 Å². The molecule has 0 aliphatic carbocycles. The molecule has 0 saturated heterocycles. The average molecular weight is 289 g/mol. The second-order valence-corrected chi connectivity index (χ2v) is 5.39. The summed E-state index contributed by atoms with van der Waals surface area (Å²) in [6, 6.07) is 15.9. The zero-order chi connectivity index (χ0) is 14.2. The maximum Gasteiger partial charge on any atom is 0.119 e. The SMILES string of the molecule is COc1ccc(SCCOc2cccc(CN)c2)cc1. The lowest BCUT2D eigenvalue weighted by Gasteiger charge is -2.07. The molecule has 2 aromatic rings. The Balaban J connectivity index is 1.75. The van der Waals surface area contributed by atoms with Crippen molar-refractivity contribution in [3.63, 3.8) is 0 Å². The smallest absolute Gasteiger partial charge is 0.119 e. The monoisotopic (exact) mass is 289 g/mol. The van der Waals surface area contributed by atoms with Crippen molar-refractivity contribution >= 4 is 11.8 Å². The molecule has 0 aliphatic rings. The third kappa shape index (κ3) is 4.47. The lowest BCUT2D eigenvalue weighted by Crippen LogP contribution is -2.01. The molecule has 3 nitrogen and oxygen atoms in total. The molecule has 0 saturated carbocycles. The van der Waals surface area contributed by atoms with Gasteiger partial charge in [-0.05, 0) is 42.0 Å². The fraction of sp³-hybridized carbons (Fsp3) is 0.250. The van der Waals surface area contributed by atoms with Gasteiger partial charge in [0.05, 0.1) is 13.7 Å². The van der Waals surface area contributed by atoms with Crippen LogP contribution in [0.15, 0.2) is 53.4 Å². The van der Waals surface area contributed by atoms with Gasteiger partial charge in [0.15, 0.2) is 0 Å². The Kier molecular flexibility index (Phi) is 5.77. The van der Waals surface area contributed by atoms with Gasteiger partial charge in [-0.3, -0.25) is 0 Å². The molecule has 0 heterocycles. The summed E-state index contributed by atoms with van der Waals surface area (Å²) < 4.78 is 10.8. The van der Waals surface area contributed by atoms with E-state index in [1.54, 1.807) is 18.9 Å². The normalized spacial score (nSPS) is 10.3. The van der Waals surface area contributed by atoms with Crippen LogP contribution in [0.1, 0.15) is 5.56 Å². The summed E-state index contributed by atoms with van der Waals surface area (Å²) in [6.07, 6.45) is 0. The first kappa shape index (κ1) is 14.8. The molecule has 0 amide bonds. The van der Waals surface area contributed by atoms with Crippen molar-refractivity contribution in [2.75, 3.05) is 19.5 Å². The molecule has 0 bridgehead atoms. The van der Waals surface area contributed by atoms with E-state index in [-0.39, 0.29) is 0 Å². The van der Waals surface area contributed by atoms with Crippen molar-refractivity contribution < 1.29 is 9.47 Å². The van der Waals surface area contributed by atoms with Gasteiger partial charge < -0.3 is 15.2 Å². The van der Waals surface area contributed by atoms with E-state index in [1.807, 2.05) is 36.4 Å². The maximum absolute atomic E-state index is 5.71. The zero-order valence-electron chi connectivity index (χ0n) is 11.5. The molecule has 0 aromatic heterocycles. The lowest BCUT2D eigenvalue weighted by molar-refractivity contribution is 0.343. The third-order valence-corrected chi connectivity index (χ3v) is 3.79. The molecule has 20 heavy (non-hydrogen) atoms. The molecule has 0 spiro atoms. The maximum atomic E-state index is 5.71. The number of benzene rings is 2. The average Bonchev–Trinajstić information content (AvgIpc) is 2.52. The quantitative estimate of drug-likeness (QED) is 0.627. The van der Waals surface area contributed by atoms with Crippen LogP contribution in [0.5, 0.6) is 11.5 Å². The summed E-state index contributed by atoms with van der Waals surface area (Å²) >= 11 is 1.76. The number of hydrogen-bond acceptors (Lipinski definition) is 4. The molecule has 2 rings (SSSR count). The Morgan fingerprint density at radius 2 is 1.85 bits per heavy atom. The van der Waals surface area contributed by atoms with Gasteiger partial charge in [0.2, 0.25) is 0 Å². The minimum absolute atomic E-state index is 0.539. The van der Waals surface area contributed by atoms with E-state index in [0.717, 1.165) is 22.8 Å². The Morgan fingerprint density at radius 3 is 2.55 bits per heavy atom. The highest BCUT2D eigenvalue weighted by molar-refractivity contribution is 7.99. The summed E-state index contributed by atoms with van der Waals surface area (Å²) in [5, 5.41) is 0. The third-order valence-electron chi connectivity index (χ3n) is 2.81. The van der Waals surface area contributed by atoms with Crippen LogP contribution in [-0.2, 0) is 6.54 Å². The first-order valence-electron chi connectivity index (χ1n) is 6.50. The van der Waals surface area contributed by atoms with Gasteiger partial charge in [0.1, 0.15) is 11.5 Å². The van der Waals surface area contributed by atoms with Crippen LogP contribution in [0.2, 0.25) is 0 Å². The fourth-order valence-electron chi connectivity index (χ4n) is 1.75. The number of methoxy groups -OCH3 is 1. The van der Waals surface area contributed by atoms with Gasteiger partial charge in [-0.1, -0.05) is 12.1 Å². The van der Waals surface area contributed by atoms with Crippen molar-refractivity contribution in [1.29, 1.82) is 0 Å². The van der Waals surface area contributed by atoms with Crippen LogP contribution in [0, 0.1) is 0 Å². The number of ether oxygens (including phenoxy) is 2. The molecular weight excluding hydrogens is 270 g/mol. The highest BCUT2D eigenvalue weighted by atomic mass is 32.2. The summed E-state index contributed by atoms with van der Waals surface area (Å²) in [6.45, 7) is 1.21. The van der Waals surface area contributed by atoms with Gasteiger partial charge in [-0.15, -0.1) is 11.8 Å². The molecule has 0 aliphatic heterocycles. The minimum Gasteiger partial charge on any atom is -0.497 e. The van der Waals surface area contributed by atoms with Crippen molar-refractivity contribution in [1.82, 2.24) is 0 Å². The number of nitrogens with two attached hydrogens (primary N) is 1. The predicted molar refractivity (Wildman–Crippen MR) is 83.5 cm³/mol. The Hall–Kier alpha value is -1.65. The first-order valence-corrected chi connectivity index (χ1v) is 7.49. The molecule has 4 heteroatoms. The second-order valence-electron chi connectivity index (χ2n) is 4.22. The molecule has 0 atom stereocenters. The van der Waals surface area contributed by atoms with Crippen LogP contribution < -0.4 is 15.2 Å². The van der Waals surface area contributed by atoms with Crippen molar-refractivity contribution in [2.24, 2.45) is 5.73 Å². The van der Waals surface area contributed by atoms with E-state index in [1.165, 1.54) is 4.90 Å². The molecule has 106 valence electrons. The van der Waals surface area contributed by atoms with Gasteiger partial charge in [-0.25, -0.2) is 0 Å². The van der Waals surface area contributed by atoms with Crippen LogP contribution in [-0.4, -0.2) is 19.5 Å². The Bertz CT molecular complexity index is 528. The zero-order valence-corrected chi connectivity index (χ0v) is 12.4. The van der Waals surface area contributed by atoms with Gasteiger partial charge in [0, 0.05) is 17.2 Å². The highest BCUT2D eigenvalue weighted by Crippen LogP contribution is 2.21. The van der Waals surface area contributed by atoms with E-state index >= 15 is 0 Å². The van der Waals surface area contributed by atoms with Gasteiger partial charge in [-0.2, -0.15) is 0 Å². The number of hydrogen-bond donors (Lipinski definition) is 1. The Morgan fingerprint density at radius 1 is 1.05 bits per heavy atom. The largest absolute Gasteiger partial charge is 0.497 e. The van der Waals surface area contributed by atoms with E-state index in [9.17, 15) is 0 Å². The van der Waals surface area contributed by atoms with E-state index < -0.39 is 0 Å². The molecule has 0 fully saturated rings. The molecule has 2 aromatic carbocycles. The van der Waals surface area contributed by atoms with Crippen molar-refractivity contribution in [3.05, 3.63) is 54.1 Å². The second kappa shape index (κ2) is 7.82. The lowest BCUT2D eigenvalue weighted by atomic mass is 10.2. The summed E-state index contributed by atoms with van der Waals surface area (Å²) in [4.78, 5) is 1.21. The molecule has 0 radical (unpaired) electrons. The van der Waals surface area contributed by atoms with E-state index in [0.29, 0.717) is 13.2 Å². The standard InChI is InChI=1S/C16H19NO2S/c1-18-14-5-7-16(8-6-14)20-10-9-19-15-4-2-3-13(11-15)12-17/h2-8,11H,9-10,12,17H2,1H3. The van der Waals surface area contributed by atoms with Crippen LogP contribution in [0.25, 0.3) is 0 Å². The van der Waals surface area contributed by atoms with Crippen molar-refractivity contribution in [2.45, 2.75) is 11.4 Å². The van der Waals surface area contributed by atoms with Crippen LogP contribution in [0.3, 0.4) is 0 Å². The van der Waals surface area contributed by atoms with Gasteiger partial charge >= 0.3 is 0 Å². The van der Waals surface area contributed by atoms with Crippen LogP contribution >= 0.6 is 11.8 Å². The topological polar surface area (TPSA) is 44.5 Å². The number of rotatable bonds is 7. The van der Waals surface area contributed by atoms with Crippen molar-refractivity contribution in [3.8, 4) is 11.5 Å². The summed E-state index contributed by atoms with van der Waals surface area (Å²) in [5.74, 6) is 2.66. The van der Waals surface area contributed by atoms with E-state index in [2.05, 4.69) is 12.1 Å². The first-order chi connectivity index (χ1) is 9.81. The minimum atomic E-state index is 0.539. The summed E-state index contributed by atoms with van der Waals surface area (Å²) in [5.41, 5.74) is 6.69.